The largest absolute Gasteiger partial charge is 0.355 e. The monoisotopic (exact) mass is 282 g/mol. The molecule has 0 aliphatic carbocycles. The second-order valence-electron chi connectivity index (χ2n) is 4.57. The SMILES string of the molecule is CCCC(N)c1cn(CC(=O)NCCNC(C)=O)nn1. The van der Waals surface area contributed by atoms with E-state index in [1.165, 1.54) is 11.6 Å². The summed E-state index contributed by atoms with van der Waals surface area (Å²) in [7, 11) is 0. The molecule has 0 aliphatic heterocycles. The third-order valence-corrected chi connectivity index (χ3v) is 2.66. The Labute approximate surface area is 118 Å². The minimum absolute atomic E-state index is 0.0892. The summed E-state index contributed by atoms with van der Waals surface area (Å²) in [4.78, 5) is 22.3. The van der Waals surface area contributed by atoms with Gasteiger partial charge in [0.25, 0.3) is 0 Å². The van der Waals surface area contributed by atoms with E-state index >= 15 is 0 Å². The summed E-state index contributed by atoms with van der Waals surface area (Å²) in [5.74, 6) is -0.305. The molecule has 1 aromatic heterocycles. The topological polar surface area (TPSA) is 115 Å². The van der Waals surface area contributed by atoms with E-state index in [-0.39, 0.29) is 24.4 Å². The van der Waals surface area contributed by atoms with Crippen LogP contribution in [-0.4, -0.2) is 39.9 Å². The van der Waals surface area contributed by atoms with Gasteiger partial charge in [-0.1, -0.05) is 18.6 Å². The van der Waals surface area contributed by atoms with Gasteiger partial charge in [-0.05, 0) is 6.42 Å². The quantitative estimate of drug-likeness (QED) is 0.547. The van der Waals surface area contributed by atoms with Gasteiger partial charge in [-0.25, -0.2) is 4.68 Å². The van der Waals surface area contributed by atoms with E-state index in [2.05, 4.69) is 20.9 Å². The smallest absolute Gasteiger partial charge is 0.241 e. The maximum atomic E-state index is 11.6. The van der Waals surface area contributed by atoms with Crippen molar-refractivity contribution in [3.63, 3.8) is 0 Å². The first-order valence-corrected chi connectivity index (χ1v) is 6.69. The molecule has 1 aromatic rings. The number of nitrogens with zero attached hydrogens (tertiary/aromatic N) is 3. The third kappa shape index (κ3) is 5.79. The summed E-state index contributed by atoms with van der Waals surface area (Å²) in [6.45, 7) is 4.36. The Bertz CT molecular complexity index is 445. The van der Waals surface area contributed by atoms with Crippen LogP contribution in [0.5, 0.6) is 0 Å². The van der Waals surface area contributed by atoms with Crippen molar-refractivity contribution in [3.05, 3.63) is 11.9 Å². The van der Waals surface area contributed by atoms with E-state index in [9.17, 15) is 9.59 Å². The fraction of sp³-hybridized carbons (Fsp3) is 0.667. The van der Waals surface area contributed by atoms with Crippen molar-refractivity contribution in [3.8, 4) is 0 Å². The van der Waals surface area contributed by atoms with Gasteiger partial charge in [0.1, 0.15) is 6.54 Å². The molecule has 0 aromatic carbocycles. The number of rotatable bonds is 8. The lowest BCUT2D eigenvalue weighted by molar-refractivity contribution is -0.122. The van der Waals surface area contributed by atoms with Gasteiger partial charge in [-0.15, -0.1) is 5.10 Å². The first-order chi connectivity index (χ1) is 9.52. The van der Waals surface area contributed by atoms with Crippen molar-refractivity contribution in [1.82, 2.24) is 25.6 Å². The summed E-state index contributed by atoms with van der Waals surface area (Å²) < 4.78 is 1.46. The summed E-state index contributed by atoms with van der Waals surface area (Å²) >= 11 is 0. The zero-order valence-corrected chi connectivity index (χ0v) is 11.9. The van der Waals surface area contributed by atoms with Gasteiger partial charge in [0, 0.05) is 20.0 Å². The van der Waals surface area contributed by atoms with Crippen molar-refractivity contribution in [2.45, 2.75) is 39.3 Å². The number of aromatic nitrogens is 3. The minimum Gasteiger partial charge on any atom is -0.355 e. The predicted octanol–water partition coefficient (Wildman–Crippen LogP) is -0.670. The van der Waals surface area contributed by atoms with Gasteiger partial charge in [0.2, 0.25) is 11.8 Å². The number of carbonyl (C=O) groups excluding carboxylic acids is 2. The van der Waals surface area contributed by atoms with Crippen LogP contribution in [0.15, 0.2) is 6.20 Å². The Morgan fingerprint density at radius 3 is 2.75 bits per heavy atom. The van der Waals surface area contributed by atoms with Crippen LogP contribution in [0, 0.1) is 0 Å². The molecule has 0 radical (unpaired) electrons. The Morgan fingerprint density at radius 1 is 1.40 bits per heavy atom. The number of nitrogens with one attached hydrogen (secondary N) is 2. The lowest BCUT2D eigenvalue weighted by Gasteiger charge is -2.06. The Hall–Kier alpha value is -1.96. The average Bonchev–Trinajstić information content (AvgIpc) is 2.83. The Morgan fingerprint density at radius 2 is 2.10 bits per heavy atom. The van der Waals surface area contributed by atoms with Crippen LogP contribution in [0.4, 0.5) is 0 Å². The second kappa shape index (κ2) is 8.26. The van der Waals surface area contributed by atoms with Crippen LogP contribution in [0.3, 0.4) is 0 Å². The predicted molar refractivity (Wildman–Crippen MR) is 73.6 cm³/mol. The van der Waals surface area contributed by atoms with Crippen molar-refractivity contribution >= 4 is 11.8 Å². The summed E-state index contributed by atoms with van der Waals surface area (Å²) in [5, 5.41) is 13.1. The summed E-state index contributed by atoms with van der Waals surface area (Å²) in [5.41, 5.74) is 6.61. The van der Waals surface area contributed by atoms with Crippen molar-refractivity contribution < 1.29 is 9.59 Å². The van der Waals surface area contributed by atoms with Gasteiger partial charge in [-0.3, -0.25) is 9.59 Å². The fourth-order valence-electron chi connectivity index (χ4n) is 1.66. The van der Waals surface area contributed by atoms with Crippen LogP contribution in [-0.2, 0) is 16.1 Å². The van der Waals surface area contributed by atoms with Gasteiger partial charge in [0.15, 0.2) is 0 Å². The number of amides is 2. The van der Waals surface area contributed by atoms with Crippen molar-refractivity contribution in [2.75, 3.05) is 13.1 Å². The maximum absolute atomic E-state index is 11.6. The number of nitrogens with two attached hydrogens (primary N) is 1. The molecule has 1 atom stereocenters. The molecule has 112 valence electrons. The molecule has 0 bridgehead atoms. The molecular formula is C12H22N6O2. The standard InChI is InChI=1S/C12H22N6O2/c1-3-4-10(13)11-7-18(17-16-11)8-12(20)15-6-5-14-9(2)19/h7,10H,3-6,8,13H2,1-2H3,(H,14,19)(H,15,20). The van der Waals surface area contributed by atoms with Crippen LogP contribution < -0.4 is 16.4 Å². The van der Waals surface area contributed by atoms with Crippen LogP contribution in [0.25, 0.3) is 0 Å². The van der Waals surface area contributed by atoms with E-state index < -0.39 is 0 Å². The second-order valence-corrected chi connectivity index (χ2v) is 4.57. The molecule has 0 saturated heterocycles. The van der Waals surface area contributed by atoms with Crippen LogP contribution in [0.1, 0.15) is 38.4 Å². The molecule has 2 amide bonds. The fourth-order valence-corrected chi connectivity index (χ4v) is 1.66. The van der Waals surface area contributed by atoms with E-state index in [0.29, 0.717) is 18.8 Å². The van der Waals surface area contributed by atoms with Gasteiger partial charge in [-0.2, -0.15) is 0 Å². The lowest BCUT2D eigenvalue weighted by atomic mass is 10.1. The van der Waals surface area contributed by atoms with E-state index in [4.69, 9.17) is 5.73 Å². The number of carbonyl (C=O) groups is 2. The average molecular weight is 282 g/mol. The van der Waals surface area contributed by atoms with Crippen LogP contribution in [0.2, 0.25) is 0 Å². The molecule has 8 heteroatoms. The molecular weight excluding hydrogens is 260 g/mol. The molecule has 20 heavy (non-hydrogen) atoms. The first kappa shape index (κ1) is 16.1. The van der Waals surface area contributed by atoms with E-state index in [1.54, 1.807) is 6.20 Å². The van der Waals surface area contributed by atoms with Crippen LogP contribution >= 0.6 is 0 Å². The van der Waals surface area contributed by atoms with Gasteiger partial charge >= 0.3 is 0 Å². The number of hydrogen-bond acceptors (Lipinski definition) is 5. The molecule has 1 rings (SSSR count). The van der Waals surface area contributed by atoms with Crippen molar-refractivity contribution in [1.29, 1.82) is 0 Å². The van der Waals surface area contributed by atoms with E-state index in [1.807, 2.05) is 6.92 Å². The summed E-state index contributed by atoms with van der Waals surface area (Å²) in [6.07, 6.45) is 3.49. The maximum Gasteiger partial charge on any atom is 0.241 e. The normalized spacial score (nSPS) is 11.9. The molecule has 0 fully saturated rings. The molecule has 0 aliphatic rings. The highest BCUT2D eigenvalue weighted by Gasteiger charge is 2.11. The molecule has 4 N–H and O–H groups in total. The lowest BCUT2D eigenvalue weighted by Crippen LogP contribution is -2.35. The highest BCUT2D eigenvalue weighted by Crippen LogP contribution is 2.11. The van der Waals surface area contributed by atoms with Crippen molar-refractivity contribution in [2.24, 2.45) is 5.73 Å². The van der Waals surface area contributed by atoms with Gasteiger partial charge < -0.3 is 16.4 Å². The molecule has 1 heterocycles. The Balaban J connectivity index is 2.33. The van der Waals surface area contributed by atoms with Gasteiger partial charge in [0.05, 0.1) is 17.9 Å². The zero-order chi connectivity index (χ0) is 15.0. The van der Waals surface area contributed by atoms with E-state index in [0.717, 1.165) is 12.8 Å². The molecule has 0 spiro atoms. The highest BCUT2D eigenvalue weighted by molar-refractivity contribution is 5.76. The molecule has 8 nitrogen and oxygen atoms in total. The highest BCUT2D eigenvalue weighted by atomic mass is 16.2. The molecule has 1 unspecified atom stereocenters. The first-order valence-electron chi connectivity index (χ1n) is 6.69. The minimum atomic E-state index is -0.184. The Kier molecular flexibility index (Phi) is 6.65. The number of hydrogen-bond donors (Lipinski definition) is 3. The molecule has 0 saturated carbocycles. The third-order valence-electron chi connectivity index (χ3n) is 2.66. The zero-order valence-electron chi connectivity index (χ0n) is 11.9. The summed E-state index contributed by atoms with van der Waals surface area (Å²) in [6, 6.07) is -0.142.